The number of aromatic amines is 3. The Labute approximate surface area is 174 Å². The quantitative estimate of drug-likeness (QED) is 0.351. The Morgan fingerprint density at radius 3 is 2.77 bits per heavy atom. The lowest BCUT2D eigenvalue weighted by Gasteiger charge is -2.10. The van der Waals surface area contributed by atoms with Gasteiger partial charge in [-0.15, -0.1) is 0 Å². The molecule has 3 heterocycles. The zero-order chi connectivity index (χ0) is 21.1. The Balaban J connectivity index is 1.41. The van der Waals surface area contributed by atoms with Crippen LogP contribution in [-0.4, -0.2) is 39.0 Å². The van der Waals surface area contributed by atoms with Gasteiger partial charge in [-0.05, 0) is 42.0 Å². The van der Waals surface area contributed by atoms with Gasteiger partial charge in [0, 0.05) is 18.1 Å². The first kappa shape index (κ1) is 19.5. The Bertz CT molecular complexity index is 1330. The van der Waals surface area contributed by atoms with Crippen LogP contribution in [-0.2, 0) is 0 Å². The first-order valence-corrected chi connectivity index (χ1v) is 9.35. The molecule has 4 N–H and O–H groups in total. The zero-order valence-corrected chi connectivity index (χ0v) is 16.2. The SMILES string of the molecule is O=C(NCCOc1ccc(-c2cc3[nH]c(=O)[nH]c(=O)c3[nH]2)cc1Cl)c1cccnc1. The molecule has 1 aromatic carbocycles. The van der Waals surface area contributed by atoms with Crippen LogP contribution in [0.25, 0.3) is 22.3 Å². The van der Waals surface area contributed by atoms with Gasteiger partial charge in [-0.2, -0.15) is 0 Å². The number of carbonyl (C=O) groups excluding carboxylic acids is 1. The van der Waals surface area contributed by atoms with Crippen LogP contribution in [0.15, 0.2) is 58.4 Å². The van der Waals surface area contributed by atoms with Gasteiger partial charge in [0.25, 0.3) is 11.5 Å². The van der Waals surface area contributed by atoms with E-state index in [1.807, 2.05) is 0 Å². The first-order valence-electron chi connectivity index (χ1n) is 8.97. The van der Waals surface area contributed by atoms with Crippen LogP contribution in [0.5, 0.6) is 5.75 Å². The number of nitrogens with zero attached hydrogens (tertiary/aromatic N) is 1. The highest BCUT2D eigenvalue weighted by molar-refractivity contribution is 6.32. The van der Waals surface area contributed by atoms with Crippen LogP contribution in [0.1, 0.15) is 10.4 Å². The molecular weight excluding hydrogens is 410 g/mol. The van der Waals surface area contributed by atoms with E-state index in [-0.39, 0.29) is 18.0 Å². The third-order valence-electron chi connectivity index (χ3n) is 4.33. The fourth-order valence-electron chi connectivity index (χ4n) is 2.92. The molecule has 0 bridgehead atoms. The molecule has 0 radical (unpaired) electrons. The number of aromatic nitrogens is 4. The number of rotatable bonds is 6. The second-order valence-electron chi connectivity index (χ2n) is 6.37. The molecule has 4 aromatic rings. The zero-order valence-electron chi connectivity index (χ0n) is 15.5. The van der Waals surface area contributed by atoms with Crippen LogP contribution in [0.2, 0.25) is 5.02 Å². The highest BCUT2D eigenvalue weighted by atomic mass is 35.5. The number of pyridine rings is 1. The smallest absolute Gasteiger partial charge is 0.326 e. The van der Waals surface area contributed by atoms with Crippen molar-refractivity contribution in [2.24, 2.45) is 0 Å². The maximum Gasteiger partial charge on any atom is 0.326 e. The van der Waals surface area contributed by atoms with E-state index in [0.717, 1.165) is 0 Å². The van der Waals surface area contributed by atoms with Crippen molar-refractivity contribution in [1.82, 2.24) is 25.3 Å². The molecule has 0 spiro atoms. The van der Waals surface area contributed by atoms with E-state index in [2.05, 4.69) is 25.3 Å². The van der Waals surface area contributed by atoms with Crippen molar-refractivity contribution in [1.29, 1.82) is 0 Å². The molecule has 0 saturated heterocycles. The number of ether oxygens (including phenoxy) is 1. The summed E-state index contributed by atoms with van der Waals surface area (Å²) in [6, 6.07) is 10.2. The number of fused-ring (bicyclic) bond motifs is 1. The topological polar surface area (TPSA) is 133 Å². The highest BCUT2D eigenvalue weighted by Crippen LogP contribution is 2.30. The van der Waals surface area contributed by atoms with Crippen LogP contribution in [0.4, 0.5) is 0 Å². The van der Waals surface area contributed by atoms with Gasteiger partial charge in [0.15, 0.2) is 0 Å². The first-order chi connectivity index (χ1) is 14.5. The van der Waals surface area contributed by atoms with Gasteiger partial charge < -0.3 is 20.0 Å². The Kier molecular flexibility index (Phi) is 5.36. The van der Waals surface area contributed by atoms with Crippen molar-refractivity contribution in [3.63, 3.8) is 0 Å². The Hall–Kier alpha value is -3.85. The van der Waals surface area contributed by atoms with E-state index in [1.54, 1.807) is 42.6 Å². The van der Waals surface area contributed by atoms with Gasteiger partial charge in [-0.1, -0.05) is 11.6 Å². The Morgan fingerprint density at radius 2 is 2.00 bits per heavy atom. The van der Waals surface area contributed by atoms with Crippen LogP contribution < -0.4 is 21.3 Å². The molecule has 0 saturated carbocycles. The minimum atomic E-state index is -0.574. The van der Waals surface area contributed by atoms with Crippen molar-refractivity contribution in [3.8, 4) is 17.0 Å². The lowest BCUT2D eigenvalue weighted by molar-refractivity contribution is 0.0946. The maximum absolute atomic E-state index is 12.0. The molecule has 0 aliphatic rings. The number of halogens is 1. The molecule has 4 rings (SSSR count). The largest absolute Gasteiger partial charge is 0.490 e. The summed E-state index contributed by atoms with van der Waals surface area (Å²) in [7, 11) is 0. The molecule has 0 unspecified atom stereocenters. The molecule has 0 atom stereocenters. The fraction of sp³-hybridized carbons (Fsp3) is 0.100. The fourth-order valence-corrected chi connectivity index (χ4v) is 3.15. The number of hydrogen-bond acceptors (Lipinski definition) is 5. The number of benzene rings is 1. The molecule has 1 amide bonds. The van der Waals surface area contributed by atoms with Crippen LogP contribution in [0, 0.1) is 0 Å². The van der Waals surface area contributed by atoms with Gasteiger partial charge in [0.05, 0.1) is 22.6 Å². The molecule has 10 heteroatoms. The third kappa shape index (κ3) is 4.11. The average Bonchev–Trinajstić information content (AvgIpc) is 3.17. The summed E-state index contributed by atoms with van der Waals surface area (Å²) < 4.78 is 5.63. The Morgan fingerprint density at radius 1 is 1.13 bits per heavy atom. The minimum Gasteiger partial charge on any atom is -0.490 e. The average molecular weight is 426 g/mol. The van der Waals surface area contributed by atoms with Crippen molar-refractivity contribution in [2.75, 3.05) is 13.2 Å². The highest BCUT2D eigenvalue weighted by Gasteiger charge is 2.10. The molecule has 9 nitrogen and oxygen atoms in total. The van der Waals surface area contributed by atoms with E-state index in [0.29, 0.717) is 39.7 Å². The van der Waals surface area contributed by atoms with E-state index in [4.69, 9.17) is 16.3 Å². The molecule has 3 aromatic heterocycles. The summed E-state index contributed by atoms with van der Waals surface area (Å²) in [4.78, 5) is 46.8. The van der Waals surface area contributed by atoms with Crippen molar-refractivity contribution < 1.29 is 9.53 Å². The number of nitrogens with one attached hydrogen (secondary N) is 4. The van der Waals surface area contributed by atoms with Gasteiger partial charge in [-0.25, -0.2) is 4.79 Å². The monoisotopic (exact) mass is 425 g/mol. The second kappa shape index (κ2) is 8.26. The van der Waals surface area contributed by atoms with Crippen molar-refractivity contribution >= 4 is 28.5 Å². The second-order valence-corrected chi connectivity index (χ2v) is 6.78. The normalized spacial score (nSPS) is 10.8. The van der Waals surface area contributed by atoms with E-state index < -0.39 is 11.2 Å². The van der Waals surface area contributed by atoms with E-state index >= 15 is 0 Å². The summed E-state index contributed by atoms with van der Waals surface area (Å²) >= 11 is 6.31. The standard InChI is InChI=1S/C20H16ClN5O4/c21-13-8-11(14-9-15-17(24-14)19(28)26-20(29)25-15)3-4-16(13)30-7-6-23-18(27)12-2-1-5-22-10-12/h1-5,8-10,24H,6-7H2,(H,23,27)(H2,25,26,28,29). The summed E-state index contributed by atoms with van der Waals surface area (Å²) in [5, 5.41) is 3.10. The molecule has 0 aliphatic carbocycles. The van der Waals surface area contributed by atoms with Crippen LogP contribution in [0.3, 0.4) is 0 Å². The van der Waals surface area contributed by atoms with Gasteiger partial charge in [0.2, 0.25) is 0 Å². The molecule has 152 valence electrons. The number of H-pyrrole nitrogens is 3. The van der Waals surface area contributed by atoms with Gasteiger partial charge >= 0.3 is 5.69 Å². The summed E-state index contributed by atoms with van der Waals surface area (Å²) in [6.45, 7) is 0.526. The van der Waals surface area contributed by atoms with Gasteiger partial charge in [0.1, 0.15) is 17.9 Å². The number of hydrogen-bond donors (Lipinski definition) is 4. The summed E-state index contributed by atoms with van der Waals surface area (Å²) in [6.07, 6.45) is 3.08. The minimum absolute atomic E-state index is 0.230. The molecular formula is C20H16ClN5O4. The van der Waals surface area contributed by atoms with Crippen molar-refractivity contribution in [3.05, 3.63) is 80.2 Å². The number of amides is 1. The van der Waals surface area contributed by atoms with Crippen LogP contribution >= 0.6 is 11.6 Å². The lowest BCUT2D eigenvalue weighted by atomic mass is 10.1. The van der Waals surface area contributed by atoms with E-state index in [9.17, 15) is 14.4 Å². The van der Waals surface area contributed by atoms with Crippen molar-refractivity contribution in [2.45, 2.75) is 0 Å². The summed E-state index contributed by atoms with van der Waals surface area (Å²) in [5.74, 6) is 0.221. The third-order valence-corrected chi connectivity index (χ3v) is 4.63. The van der Waals surface area contributed by atoms with Gasteiger partial charge in [-0.3, -0.25) is 19.6 Å². The molecule has 0 fully saturated rings. The predicted molar refractivity (Wildman–Crippen MR) is 112 cm³/mol. The lowest BCUT2D eigenvalue weighted by Crippen LogP contribution is -2.28. The van der Waals surface area contributed by atoms with E-state index in [1.165, 1.54) is 6.20 Å². The summed E-state index contributed by atoms with van der Waals surface area (Å²) in [5.41, 5.74) is 1.40. The predicted octanol–water partition coefficient (Wildman–Crippen LogP) is 2.07. The molecule has 30 heavy (non-hydrogen) atoms. The number of carbonyl (C=O) groups is 1. The maximum atomic E-state index is 12.0. The molecule has 0 aliphatic heterocycles.